The van der Waals surface area contributed by atoms with Gasteiger partial charge in [-0.25, -0.2) is 9.59 Å². The monoisotopic (exact) mass is 324 g/mol. The zero-order chi connectivity index (χ0) is 17.5. The summed E-state index contributed by atoms with van der Waals surface area (Å²) in [6.07, 6.45) is 1.81. The van der Waals surface area contributed by atoms with Gasteiger partial charge in [0.15, 0.2) is 0 Å². The van der Waals surface area contributed by atoms with Crippen molar-refractivity contribution in [2.24, 2.45) is 0 Å². The molecule has 122 valence electrons. The van der Waals surface area contributed by atoms with Crippen LogP contribution in [-0.2, 0) is 0 Å². The molecule has 5 heteroatoms. The number of benzene rings is 2. The molecule has 0 fully saturated rings. The lowest BCUT2D eigenvalue weighted by Gasteiger charge is -2.09. The van der Waals surface area contributed by atoms with Crippen LogP contribution in [0, 0.1) is 11.8 Å². The number of carbonyl (C=O) groups is 2. The van der Waals surface area contributed by atoms with Crippen molar-refractivity contribution in [1.29, 1.82) is 0 Å². The van der Waals surface area contributed by atoms with Crippen LogP contribution in [0.25, 0.3) is 0 Å². The Morgan fingerprint density at radius 3 is 2.33 bits per heavy atom. The van der Waals surface area contributed by atoms with Crippen LogP contribution in [0.1, 0.15) is 46.0 Å². The number of hydrogen-bond acceptors (Lipinski definition) is 3. The number of carboxylic acids is 2. The summed E-state index contributed by atoms with van der Waals surface area (Å²) < 4.78 is 5.55. The highest BCUT2D eigenvalue weighted by Crippen LogP contribution is 2.27. The Morgan fingerprint density at radius 2 is 1.75 bits per heavy atom. The number of ether oxygens (including phenoxy) is 1. The fourth-order valence-corrected chi connectivity index (χ4v) is 1.94. The van der Waals surface area contributed by atoms with Crippen LogP contribution in [0.2, 0.25) is 0 Å². The van der Waals surface area contributed by atoms with Crippen LogP contribution < -0.4 is 4.74 Å². The van der Waals surface area contributed by atoms with Gasteiger partial charge in [-0.15, -0.1) is 0 Å². The van der Waals surface area contributed by atoms with Gasteiger partial charge in [-0.1, -0.05) is 18.8 Å². The van der Waals surface area contributed by atoms with E-state index in [9.17, 15) is 14.7 Å². The maximum Gasteiger partial charge on any atom is 0.339 e. The molecule has 0 aliphatic carbocycles. The van der Waals surface area contributed by atoms with Crippen LogP contribution in [0.5, 0.6) is 11.5 Å². The Kier molecular flexibility index (Phi) is 5.58. The maximum atomic E-state index is 11.2. The Hall–Kier alpha value is -3.26. The minimum atomic E-state index is -1.19. The Morgan fingerprint density at radius 1 is 1.04 bits per heavy atom. The van der Waals surface area contributed by atoms with Gasteiger partial charge in [0.05, 0.1) is 5.56 Å². The molecule has 0 radical (unpaired) electrons. The molecule has 0 saturated carbocycles. The first-order valence-electron chi connectivity index (χ1n) is 7.38. The first kappa shape index (κ1) is 17.1. The van der Waals surface area contributed by atoms with Crippen molar-refractivity contribution in [2.75, 3.05) is 0 Å². The molecule has 0 amide bonds. The lowest BCUT2D eigenvalue weighted by atomic mass is 10.1. The molecule has 5 nitrogen and oxygen atoms in total. The third-order valence-corrected chi connectivity index (χ3v) is 3.15. The summed E-state index contributed by atoms with van der Waals surface area (Å²) in [7, 11) is 0. The van der Waals surface area contributed by atoms with Crippen molar-refractivity contribution in [3.8, 4) is 23.3 Å². The first-order chi connectivity index (χ1) is 11.5. The zero-order valence-corrected chi connectivity index (χ0v) is 13.1. The fourth-order valence-electron chi connectivity index (χ4n) is 1.94. The van der Waals surface area contributed by atoms with E-state index in [1.54, 1.807) is 24.3 Å². The Balaban J connectivity index is 2.27. The van der Waals surface area contributed by atoms with Gasteiger partial charge in [0.2, 0.25) is 0 Å². The maximum absolute atomic E-state index is 11.2. The third-order valence-electron chi connectivity index (χ3n) is 3.15. The quantitative estimate of drug-likeness (QED) is 0.811. The number of aromatic carboxylic acids is 2. The normalized spacial score (nSPS) is 9.71. The van der Waals surface area contributed by atoms with Gasteiger partial charge in [0, 0.05) is 12.0 Å². The predicted molar refractivity (Wildman–Crippen MR) is 88.7 cm³/mol. The van der Waals surface area contributed by atoms with E-state index < -0.39 is 11.9 Å². The second-order valence-electron chi connectivity index (χ2n) is 5.00. The molecular formula is C19H16O5. The van der Waals surface area contributed by atoms with E-state index in [2.05, 4.69) is 18.8 Å². The number of carboxylic acid groups (broad SMARTS) is 2. The number of hydrogen-bond donors (Lipinski definition) is 2. The molecule has 0 aliphatic heterocycles. The number of unbranched alkanes of at least 4 members (excludes halogenated alkanes) is 1. The van der Waals surface area contributed by atoms with Crippen molar-refractivity contribution in [2.45, 2.75) is 19.8 Å². The minimum Gasteiger partial charge on any atom is -0.478 e. The molecule has 0 unspecified atom stereocenters. The van der Waals surface area contributed by atoms with Crippen molar-refractivity contribution in [3.05, 3.63) is 59.2 Å². The predicted octanol–water partition coefficient (Wildman–Crippen LogP) is 4.03. The van der Waals surface area contributed by atoms with E-state index in [0.29, 0.717) is 5.75 Å². The smallest absolute Gasteiger partial charge is 0.339 e. The molecule has 0 aromatic heterocycles. The minimum absolute atomic E-state index is 0.0211. The van der Waals surface area contributed by atoms with E-state index >= 15 is 0 Å². The number of rotatable bonds is 5. The summed E-state index contributed by atoms with van der Waals surface area (Å²) in [6, 6.07) is 10.5. The van der Waals surface area contributed by atoms with Crippen molar-refractivity contribution in [1.82, 2.24) is 0 Å². The summed E-state index contributed by atoms with van der Waals surface area (Å²) in [6.45, 7) is 2.05. The van der Waals surface area contributed by atoms with E-state index in [0.717, 1.165) is 18.4 Å². The van der Waals surface area contributed by atoms with Crippen LogP contribution in [-0.4, -0.2) is 22.2 Å². The van der Waals surface area contributed by atoms with Crippen molar-refractivity contribution >= 4 is 11.9 Å². The average Bonchev–Trinajstić information content (AvgIpc) is 2.56. The van der Waals surface area contributed by atoms with Gasteiger partial charge < -0.3 is 14.9 Å². The third kappa shape index (κ3) is 4.37. The summed E-state index contributed by atoms with van der Waals surface area (Å²) >= 11 is 0. The molecule has 0 atom stereocenters. The molecule has 0 bridgehead atoms. The second kappa shape index (κ2) is 7.84. The summed E-state index contributed by atoms with van der Waals surface area (Å²) in [5.41, 5.74) is 0.678. The summed E-state index contributed by atoms with van der Waals surface area (Å²) in [5, 5.41) is 18.2. The lowest BCUT2D eigenvalue weighted by molar-refractivity contribution is 0.0678. The molecule has 2 aromatic rings. The van der Waals surface area contributed by atoms with Crippen LogP contribution in [0.3, 0.4) is 0 Å². The van der Waals surface area contributed by atoms with Crippen LogP contribution >= 0.6 is 0 Å². The topological polar surface area (TPSA) is 83.8 Å². The second-order valence-corrected chi connectivity index (χ2v) is 5.00. The standard InChI is InChI=1S/C19H16O5/c1-2-3-4-5-13-6-9-15(10-7-13)24-17-12-14(18(20)21)8-11-16(17)19(22)23/h6-12H,2-3H2,1H3,(H,20,21)(H,22,23). The lowest BCUT2D eigenvalue weighted by Crippen LogP contribution is -2.03. The van der Waals surface area contributed by atoms with Gasteiger partial charge in [-0.2, -0.15) is 0 Å². The highest BCUT2D eigenvalue weighted by Gasteiger charge is 2.15. The summed E-state index contributed by atoms with van der Waals surface area (Å²) in [5.74, 6) is 4.08. The molecular weight excluding hydrogens is 308 g/mol. The van der Waals surface area contributed by atoms with Gasteiger partial charge in [0.1, 0.15) is 17.1 Å². The molecule has 0 saturated heterocycles. The largest absolute Gasteiger partial charge is 0.478 e. The zero-order valence-electron chi connectivity index (χ0n) is 13.1. The van der Waals surface area contributed by atoms with Gasteiger partial charge in [-0.05, 0) is 48.9 Å². The molecule has 0 spiro atoms. The Labute approximate surface area is 139 Å². The molecule has 2 rings (SSSR count). The van der Waals surface area contributed by atoms with E-state index in [1.807, 2.05) is 0 Å². The van der Waals surface area contributed by atoms with E-state index in [4.69, 9.17) is 9.84 Å². The molecule has 0 heterocycles. The van der Waals surface area contributed by atoms with Gasteiger partial charge >= 0.3 is 11.9 Å². The first-order valence-corrected chi connectivity index (χ1v) is 7.38. The Bertz CT molecular complexity index is 810. The molecule has 2 aromatic carbocycles. The van der Waals surface area contributed by atoms with E-state index in [-0.39, 0.29) is 16.9 Å². The summed E-state index contributed by atoms with van der Waals surface area (Å²) in [4.78, 5) is 22.3. The van der Waals surface area contributed by atoms with Crippen LogP contribution in [0.15, 0.2) is 42.5 Å². The van der Waals surface area contributed by atoms with Gasteiger partial charge in [0.25, 0.3) is 0 Å². The highest BCUT2D eigenvalue weighted by molar-refractivity contribution is 5.94. The molecule has 2 N–H and O–H groups in total. The fraction of sp³-hybridized carbons (Fsp3) is 0.158. The average molecular weight is 324 g/mol. The molecule has 24 heavy (non-hydrogen) atoms. The molecule has 0 aliphatic rings. The highest BCUT2D eigenvalue weighted by atomic mass is 16.5. The SMILES string of the molecule is CCCC#Cc1ccc(Oc2cc(C(=O)O)ccc2C(=O)O)cc1. The van der Waals surface area contributed by atoms with Crippen molar-refractivity contribution < 1.29 is 24.5 Å². The van der Waals surface area contributed by atoms with Gasteiger partial charge in [-0.3, -0.25) is 0 Å². The van der Waals surface area contributed by atoms with Crippen molar-refractivity contribution in [3.63, 3.8) is 0 Å². The van der Waals surface area contributed by atoms with E-state index in [1.165, 1.54) is 18.2 Å². The van der Waals surface area contributed by atoms with Crippen LogP contribution in [0.4, 0.5) is 0 Å².